The Morgan fingerprint density at radius 2 is 2.05 bits per heavy atom. The van der Waals surface area contributed by atoms with Crippen LogP contribution in [-0.4, -0.2) is 17.7 Å². The molecule has 5 heteroatoms. The Morgan fingerprint density at radius 3 is 2.75 bits per heavy atom. The van der Waals surface area contributed by atoms with Gasteiger partial charge in [0, 0.05) is 11.4 Å². The third-order valence-corrected chi connectivity index (χ3v) is 3.75. The first kappa shape index (κ1) is 14.6. The Bertz CT molecular complexity index is 513. The lowest BCUT2D eigenvalue weighted by atomic mass is 10.2. The molecule has 1 aromatic carbocycles. The molecule has 20 heavy (non-hydrogen) atoms. The van der Waals surface area contributed by atoms with Gasteiger partial charge in [0.15, 0.2) is 0 Å². The number of alkyl carbamates (subject to hydrolysis) is 1. The van der Waals surface area contributed by atoms with Crippen LogP contribution in [0.1, 0.15) is 23.0 Å². The fraction of sp³-hybridized carbons (Fsp3) is 0.267. The highest BCUT2D eigenvalue weighted by molar-refractivity contribution is 7.10. The Kier molecular flexibility index (Phi) is 5.58. The lowest BCUT2D eigenvalue weighted by Crippen LogP contribution is -2.26. The third-order valence-electron chi connectivity index (χ3n) is 2.77. The number of benzene rings is 1. The van der Waals surface area contributed by atoms with E-state index in [-0.39, 0.29) is 6.61 Å². The maximum Gasteiger partial charge on any atom is 0.407 e. The molecule has 0 aliphatic carbocycles. The van der Waals surface area contributed by atoms with Crippen molar-refractivity contribution < 1.29 is 14.6 Å². The summed E-state index contributed by atoms with van der Waals surface area (Å²) in [5.74, 6) is 0. The van der Waals surface area contributed by atoms with Gasteiger partial charge in [-0.1, -0.05) is 36.4 Å². The first-order valence-electron chi connectivity index (χ1n) is 6.42. The number of thiophene rings is 1. The smallest absolute Gasteiger partial charge is 0.407 e. The molecule has 2 aromatic rings. The Labute approximate surface area is 122 Å². The van der Waals surface area contributed by atoms with Crippen LogP contribution in [0.5, 0.6) is 0 Å². The van der Waals surface area contributed by atoms with Crippen LogP contribution in [0.4, 0.5) is 4.79 Å². The van der Waals surface area contributed by atoms with Crippen molar-refractivity contribution in [3.05, 3.63) is 58.3 Å². The maximum absolute atomic E-state index is 11.5. The van der Waals surface area contributed by atoms with Crippen LogP contribution in [0.3, 0.4) is 0 Å². The molecular formula is C15H17NO3S. The van der Waals surface area contributed by atoms with Gasteiger partial charge < -0.3 is 15.2 Å². The molecule has 0 bridgehead atoms. The van der Waals surface area contributed by atoms with Crippen molar-refractivity contribution in [2.45, 2.75) is 19.1 Å². The van der Waals surface area contributed by atoms with E-state index in [1.807, 2.05) is 47.8 Å². The van der Waals surface area contributed by atoms with Gasteiger partial charge in [-0.3, -0.25) is 0 Å². The van der Waals surface area contributed by atoms with Crippen LogP contribution in [-0.2, 0) is 11.3 Å². The molecule has 0 spiro atoms. The molecule has 0 radical (unpaired) electrons. The second-order valence-electron chi connectivity index (χ2n) is 4.31. The van der Waals surface area contributed by atoms with Crippen LogP contribution < -0.4 is 5.32 Å². The minimum absolute atomic E-state index is 0.250. The zero-order valence-corrected chi connectivity index (χ0v) is 11.8. The second kappa shape index (κ2) is 7.67. The standard InChI is InChI=1S/C15H17NO3S/c17-13(14-7-4-10-20-14)8-9-16-15(18)19-11-12-5-2-1-3-6-12/h1-7,10,13,17H,8-9,11H2,(H,16,18)/t13-/m0/s1. The fourth-order valence-electron chi connectivity index (χ4n) is 1.71. The highest BCUT2D eigenvalue weighted by Gasteiger charge is 2.09. The maximum atomic E-state index is 11.5. The molecule has 2 rings (SSSR count). The molecule has 1 aromatic heterocycles. The molecule has 4 nitrogen and oxygen atoms in total. The normalized spacial score (nSPS) is 11.8. The number of carbonyl (C=O) groups is 1. The Morgan fingerprint density at radius 1 is 1.25 bits per heavy atom. The summed E-state index contributed by atoms with van der Waals surface area (Å²) in [5, 5.41) is 14.4. The molecule has 2 N–H and O–H groups in total. The predicted molar refractivity (Wildman–Crippen MR) is 78.5 cm³/mol. The zero-order valence-electron chi connectivity index (χ0n) is 11.0. The number of rotatable bonds is 6. The van der Waals surface area contributed by atoms with Crippen molar-refractivity contribution in [1.29, 1.82) is 0 Å². The summed E-state index contributed by atoms with van der Waals surface area (Å²) >= 11 is 1.50. The minimum atomic E-state index is -0.538. The number of amides is 1. The van der Waals surface area contributed by atoms with Gasteiger partial charge in [0.25, 0.3) is 0 Å². The molecule has 0 unspecified atom stereocenters. The fourth-order valence-corrected chi connectivity index (χ4v) is 2.45. The average Bonchev–Trinajstić information content (AvgIpc) is 3.00. The monoisotopic (exact) mass is 291 g/mol. The van der Waals surface area contributed by atoms with Gasteiger partial charge in [-0.05, 0) is 23.4 Å². The van der Waals surface area contributed by atoms with Crippen LogP contribution in [0.25, 0.3) is 0 Å². The SMILES string of the molecule is O=C(NCC[C@H](O)c1cccs1)OCc1ccccc1. The van der Waals surface area contributed by atoms with Crippen molar-refractivity contribution in [2.75, 3.05) is 6.54 Å². The number of carbonyl (C=O) groups excluding carboxylic acids is 1. The van der Waals surface area contributed by atoms with E-state index >= 15 is 0 Å². The van der Waals surface area contributed by atoms with Gasteiger partial charge >= 0.3 is 6.09 Å². The molecule has 0 aliphatic rings. The molecule has 0 saturated carbocycles. The van der Waals surface area contributed by atoms with Crippen molar-refractivity contribution in [1.82, 2.24) is 5.32 Å². The molecule has 1 amide bonds. The van der Waals surface area contributed by atoms with Gasteiger partial charge in [0.2, 0.25) is 0 Å². The molecule has 1 heterocycles. The van der Waals surface area contributed by atoms with Crippen molar-refractivity contribution >= 4 is 17.4 Å². The van der Waals surface area contributed by atoms with Crippen LogP contribution in [0, 0.1) is 0 Å². The van der Waals surface area contributed by atoms with Crippen LogP contribution in [0.2, 0.25) is 0 Å². The number of nitrogens with one attached hydrogen (secondary N) is 1. The summed E-state index contributed by atoms with van der Waals surface area (Å²) in [6, 6.07) is 13.3. The molecule has 0 saturated heterocycles. The number of hydrogen-bond donors (Lipinski definition) is 2. The number of hydrogen-bond acceptors (Lipinski definition) is 4. The lowest BCUT2D eigenvalue weighted by molar-refractivity contribution is 0.134. The second-order valence-corrected chi connectivity index (χ2v) is 5.29. The third kappa shape index (κ3) is 4.68. The van der Waals surface area contributed by atoms with Crippen LogP contribution >= 0.6 is 11.3 Å². The number of aliphatic hydroxyl groups is 1. The quantitative estimate of drug-likeness (QED) is 0.860. The number of aliphatic hydroxyl groups excluding tert-OH is 1. The topological polar surface area (TPSA) is 58.6 Å². The minimum Gasteiger partial charge on any atom is -0.445 e. The summed E-state index contributed by atoms with van der Waals surface area (Å²) in [4.78, 5) is 12.4. The molecule has 0 fully saturated rings. The van der Waals surface area contributed by atoms with Gasteiger partial charge in [-0.2, -0.15) is 0 Å². The summed E-state index contributed by atoms with van der Waals surface area (Å²) in [6.07, 6.45) is -0.530. The van der Waals surface area contributed by atoms with Crippen molar-refractivity contribution in [3.8, 4) is 0 Å². The van der Waals surface area contributed by atoms with Crippen molar-refractivity contribution in [3.63, 3.8) is 0 Å². The first-order valence-corrected chi connectivity index (χ1v) is 7.29. The highest BCUT2D eigenvalue weighted by Crippen LogP contribution is 2.20. The average molecular weight is 291 g/mol. The zero-order chi connectivity index (χ0) is 14.2. The van der Waals surface area contributed by atoms with E-state index in [0.29, 0.717) is 13.0 Å². The van der Waals surface area contributed by atoms with Gasteiger partial charge in [0.05, 0.1) is 6.10 Å². The van der Waals surface area contributed by atoms with Crippen LogP contribution in [0.15, 0.2) is 47.8 Å². The Balaban J connectivity index is 1.63. The molecule has 0 aliphatic heterocycles. The lowest BCUT2D eigenvalue weighted by Gasteiger charge is -2.10. The summed E-state index contributed by atoms with van der Waals surface area (Å²) in [5.41, 5.74) is 0.946. The molecule has 1 atom stereocenters. The molecular weight excluding hydrogens is 274 g/mol. The van der Waals surface area contributed by atoms with E-state index in [4.69, 9.17) is 4.74 Å². The van der Waals surface area contributed by atoms with Gasteiger partial charge in [-0.15, -0.1) is 11.3 Å². The van der Waals surface area contributed by atoms with E-state index in [1.54, 1.807) is 0 Å². The molecule has 106 valence electrons. The van der Waals surface area contributed by atoms with Gasteiger partial charge in [0.1, 0.15) is 6.61 Å². The van der Waals surface area contributed by atoms with Gasteiger partial charge in [-0.25, -0.2) is 4.79 Å². The van der Waals surface area contributed by atoms with E-state index in [9.17, 15) is 9.90 Å². The highest BCUT2D eigenvalue weighted by atomic mass is 32.1. The first-order chi connectivity index (χ1) is 9.75. The summed E-state index contributed by atoms with van der Waals surface area (Å²) in [7, 11) is 0. The van der Waals surface area contributed by atoms with E-state index in [0.717, 1.165) is 10.4 Å². The Hall–Kier alpha value is -1.85. The van der Waals surface area contributed by atoms with E-state index in [2.05, 4.69) is 5.32 Å². The summed E-state index contributed by atoms with van der Waals surface area (Å²) < 4.78 is 5.07. The van der Waals surface area contributed by atoms with E-state index in [1.165, 1.54) is 11.3 Å². The van der Waals surface area contributed by atoms with Crippen molar-refractivity contribution in [2.24, 2.45) is 0 Å². The predicted octanol–water partition coefficient (Wildman–Crippen LogP) is 3.10. The largest absolute Gasteiger partial charge is 0.445 e. The summed E-state index contributed by atoms with van der Waals surface area (Å²) in [6.45, 7) is 0.632. The number of ether oxygens (including phenoxy) is 1. The van der Waals surface area contributed by atoms with E-state index < -0.39 is 12.2 Å².